The summed E-state index contributed by atoms with van der Waals surface area (Å²) in [7, 11) is 0. The highest BCUT2D eigenvalue weighted by atomic mass is 35.5. The Hall–Kier alpha value is 0.0400. The highest BCUT2D eigenvalue weighted by Gasteiger charge is 2.27. The summed E-state index contributed by atoms with van der Waals surface area (Å²) in [6, 6.07) is 0. The van der Waals surface area contributed by atoms with Gasteiger partial charge in [-0.3, -0.25) is 0 Å². The minimum absolute atomic E-state index is 1.09. The quantitative estimate of drug-likeness (QED) is 0.510. The van der Waals surface area contributed by atoms with Gasteiger partial charge in [0, 0.05) is 0 Å². The highest BCUT2D eigenvalue weighted by Crippen LogP contribution is 2.11. The van der Waals surface area contributed by atoms with Crippen LogP contribution in [0.1, 0.15) is 0 Å². The van der Waals surface area contributed by atoms with Gasteiger partial charge in [0.2, 0.25) is 11.8 Å². The third-order valence-electron chi connectivity index (χ3n) is 0.273. The molecule has 0 bridgehead atoms. The van der Waals surface area contributed by atoms with Crippen LogP contribution in [0, 0.1) is 11.8 Å². The van der Waals surface area contributed by atoms with Gasteiger partial charge in [0.15, 0.2) is 0 Å². The van der Waals surface area contributed by atoms with Crippen LogP contribution < -0.4 is 4.84 Å². The number of halogens is 4. The molecule has 0 aromatic heterocycles. The fourth-order valence-electron chi connectivity index (χ4n) is 0.0818. The van der Waals surface area contributed by atoms with E-state index in [-0.39, 0.29) is 0 Å². The van der Waals surface area contributed by atoms with Gasteiger partial charge in [0.25, 0.3) is 0 Å². The summed E-state index contributed by atoms with van der Waals surface area (Å²) in [6.07, 6.45) is -4.16. The van der Waals surface area contributed by atoms with Crippen molar-refractivity contribution in [2.24, 2.45) is 0 Å². The van der Waals surface area contributed by atoms with Gasteiger partial charge in [-0.2, -0.15) is 13.2 Å². The predicted octanol–water partition coefficient (Wildman–Crippen LogP) is 0.335. The molecule has 0 aromatic rings. The summed E-state index contributed by atoms with van der Waals surface area (Å²) in [6.45, 7) is -1.09. The minimum Gasteiger partial charge on any atom is -0.169 e. The molecule has 44 valence electrons. The highest BCUT2D eigenvalue weighted by molar-refractivity contribution is 4.45. The van der Waals surface area contributed by atoms with Crippen LogP contribution in [0.15, 0.2) is 0 Å². The van der Waals surface area contributed by atoms with Crippen molar-refractivity contribution in [2.75, 3.05) is 6.54 Å². The lowest BCUT2D eigenvalue weighted by Crippen LogP contribution is -2.24. The number of hydrogen-bond donors (Lipinski definition) is 1. The van der Waals surface area contributed by atoms with Gasteiger partial charge < -0.3 is 0 Å². The van der Waals surface area contributed by atoms with Gasteiger partial charge >= 0.3 is 6.18 Å². The van der Waals surface area contributed by atoms with Crippen LogP contribution in [0.5, 0.6) is 0 Å². The molecule has 0 aliphatic rings. The van der Waals surface area contributed by atoms with Crippen molar-refractivity contribution in [3.8, 4) is 0 Å². The Morgan fingerprint density at radius 1 is 1.43 bits per heavy atom. The lowest BCUT2D eigenvalue weighted by atomic mass is 10.7. The fraction of sp³-hybridized carbons (Fsp3) is 1.00. The first-order valence-electron chi connectivity index (χ1n) is 1.48. The summed E-state index contributed by atoms with van der Waals surface area (Å²) in [4.78, 5) is 1.57. The summed E-state index contributed by atoms with van der Waals surface area (Å²) < 4.78 is 32.8. The first-order valence-corrected chi connectivity index (χ1v) is 1.89. The third-order valence-corrected chi connectivity index (χ3v) is 0.417. The first kappa shape index (κ1) is 7.04. The number of alkyl halides is 3. The van der Waals surface area contributed by atoms with E-state index in [1.807, 2.05) is 0 Å². The molecule has 0 saturated heterocycles. The third kappa shape index (κ3) is 6.04. The van der Waals surface area contributed by atoms with Crippen LogP contribution in [-0.2, 0) is 0 Å². The molecule has 5 heteroatoms. The van der Waals surface area contributed by atoms with Crippen LogP contribution in [0.25, 0.3) is 0 Å². The van der Waals surface area contributed by atoms with Crippen molar-refractivity contribution in [3.63, 3.8) is 0 Å². The second-order valence-electron chi connectivity index (χ2n) is 0.936. The lowest BCUT2D eigenvalue weighted by Gasteiger charge is -1.97. The van der Waals surface area contributed by atoms with Crippen LogP contribution in [0.2, 0.25) is 0 Å². The average Bonchev–Trinajstić information content (AvgIpc) is 1.30. The summed E-state index contributed by atoms with van der Waals surface area (Å²) >= 11 is 3.83. The zero-order valence-corrected chi connectivity index (χ0v) is 4.07. The molecule has 0 atom stereocenters. The van der Waals surface area contributed by atoms with Crippen LogP contribution in [0.3, 0.4) is 0 Å². The smallest absolute Gasteiger partial charge is 0.169 e. The molecule has 0 heterocycles. The zero-order chi connectivity index (χ0) is 5.91. The Labute approximate surface area is 43.6 Å². The van der Waals surface area contributed by atoms with Crippen molar-refractivity contribution in [2.45, 2.75) is 6.18 Å². The summed E-state index contributed by atoms with van der Waals surface area (Å²) in [5.41, 5.74) is 0. The van der Waals surface area contributed by atoms with E-state index in [0.717, 1.165) is 0 Å². The average molecular weight is 135 g/mol. The Balaban J connectivity index is 3.15. The number of rotatable bonds is 1. The summed E-state index contributed by atoms with van der Waals surface area (Å²) in [5, 5.41) is 0. The molecule has 0 aromatic carbocycles. The Kier molecular flexibility index (Phi) is 2.39. The van der Waals surface area contributed by atoms with E-state index in [4.69, 9.17) is 0 Å². The van der Waals surface area contributed by atoms with Gasteiger partial charge in [-0.1, -0.05) is 4.84 Å². The van der Waals surface area contributed by atoms with Gasteiger partial charge in [-0.15, -0.1) is 0 Å². The monoisotopic (exact) mass is 134 g/mol. The normalized spacial score (nSPS) is 12.0. The molecule has 0 unspecified atom stereocenters. The molecule has 0 radical (unpaired) electrons. The lowest BCUT2D eigenvalue weighted by molar-refractivity contribution is -0.452. The van der Waals surface area contributed by atoms with E-state index in [0.29, 0.717) is 0 Å². The maximum Gasteiger partial charge on any atom is 0.406 e. The largest absolute Gasteiger partial charge is 0.406 e. The maximum atomic E-state index is 10.9. The molecular weight excluding hydrogens is 130 g/mol. The molecule has 1 N–H and O–H groups in total. The van der Waals surface area contributed by atoms with E-state index in [2.05, 4.69) is 11.8 Å². The molecule has 7 heavy (non-hydrogen) atoms. The molecule has 0 spiro atoms. The van der Waals surface area contributed by atoms with Crippen molar-refractivity contribution in [1.29, 1.82) is 0 Å². The van der Waals surface area contributed by atoms with Crippen molar-refractivity contribution in [1.82, 2.24) is 4.84 Å². The topological polar surface area (TPSA) is 12.0 Å². The molecule has 0 rings (SSSR count). The molecule has 0 amide bonds. The minimum atomic E-state index is -4.16. The first-order chi connectivity index (χ1) is 3.06. The molecule has 1 nitrogen and oxygen atoms in total. The Morgan fingerprint density at radius 2 is 1.86 bits per heavy atom. The van der Waals surface area contributed by atoms with Gasteiger partial charge in [0.1, 0.15) is 6.54 Å². The van der Waals surface area contributed by atoms with E-state index in [1.54, 1.807) is 4.84 Å². The molecule has 0 aliphatic carbocycles. The van der Waals surface area contributed by atoms with Crippen LogP contribution >= 0.6 is 0 Å². The van der Waals surface area contributed by atoms with E-state index in [1.165, 1.54) is 0 Å². The predicted molar refractivity (Wildman–Crippen MR) is 15.5 cm³/mol. The maximum absolute atomic E-state index is 10.9. The molecule has 0 saturated carbocycles. The van der Waals surface area contributed by atoms with E-state index >= 15 is 0 Å². The van der Waals surface area contributed by atoms with Crippen LogP contribution in [0.4, 0.5) is 13.2 Å². The second kappa shape index (κ2) is 2.37. The van der Waals surface area contributed by atoms with Crippen molar-refractivity contribution >= 4 is 0 Å². The molecular formula is C2H4ClF3N+. The van der Waals surface area contributed by atoms with E-state index in [9.17, 15) is 13.2 Å². The van der Waals surface area contributed by atoms with Crippen molar-refractivity contribution in [3.05, 3.63) is 0 Å². The van der Waals surface area contributed by atoms with Crippen LogP contribution in [-0.4, -0.2) is 12.7 Å². The second-order valence-corrected chi connectivity index (χ2v) is 1.22. The van der Waals surface area contributed by atoms with E-state index < -0.39 is 12.7 Å². The van der Waals surface area contributed by atoms with Gasteiger partial charge in [-0.05, 0) is 0 Å². The Bertz CT molecular complexity index is 51.4. The molecule has 0 fully saturated rings. The fourth-order valence-corrected chi connectivity index (χ4v) is 0.245. The number of nitrogens with one attached hydrogen (secondary N) is 1. The zero-order valence-electron chi connectivity index (χ0n) is 3.25. The van der Waals surface area contributed by atoms with Crippen molar-refractivity contribution < 1.29 is 24.9 Å². The van der Waals surface area contributed by atoms with Gasteiger partial charge in [0.05, 0.1) is 0 Å². The van der Waals surface area contributed by atoms with Gasteiger partial charge in [-0.25, -0.2) is 0 Å². The Morgan fingerprint density at radius 3 is 1.86 bits per heavy atom. The summed E-state index contributed by atoms with van der Waals surface area (Å²) in [5.74, 6) is 0. The number of hydrogen-bond acceptors (Lipinski definition) is 1. The SMILES string of the molecule is FC(F)(F)CN[ClH+]. The standard InChI is InChI=1S/C2H4ClF3N/c3-7-1-2(4,5)6/h3,7H,1H2/q+1. The molecule has 0 aliphatic heterocycles.